The second kappa shape index (κ2) is 4.78. The largest absolute Gasteiger partial charge is 0.289 e. The molecule has 0 saturated carbocycles. The molecule has 0 amide bonds. The molecule has 1 unspecified atom stereocenters. The first-order valence-electron chi connectivity index (χ1n) is 5.76. The lowest BCUT2D eigenvalue weighted by Crippen LogP contribution is -2.10. The minimum Gasteiger partial charge on any atom is -0.289 e. The molecule has 0 saturated heterocycles. The number of rotatable bonds is 2. The predicted molar refractivity (Wildman–Crippen MR) is 61.8 cm³/mol. The topological polar surface area (TPSA) is 17.1 Å². The van der Waals surface area contributed by atoms with Gasteiger partial charge in [0.1, 0.15) is 11.6 Å². The minimum absolute atomic E-state index is 0.100. The fraction of sp³-hybridized carbons (Fsp3) is 0.357. The summed E-state index contributed by atoms with van der Waals surface area (Å²) < 4.78 is 26.0. The molecule has 1 aromatic rings. The van der Waals surface area contributed by atoms with Gasteiger partial charge in [-0.1, -0.05) is 13.0 Å². The summed E-state index contributed by atoms with van der Waals surface area (Å²) in [5, 5.41) is 0. The fourth-order valence-electron chi connectivity index (χ4n) is 2.04. The van der Waals surface area contributed by atoms with Crippen LogP contribution in [-0.4, -0.2) is 5.78 Å². The number of benzene rings is 1. The maximum Gasteiger partial charge on any atom is 0.188 e. The summed E-state index contributed by atoms with van der Waals surface area (Å²) >= 11 is 0. The van der Waals surface area contributed by atoms with Gasteiger partial charge in [-0.2, -0.15) is 0 Å². The summed E-state index contributed by atoms with van der Waals surface area (Å²) in [5.74, 6) is -1.10. The van der Waals surface area contributed by atoms with E-state index in [1.807, 2.05) is 6.08 Å². The predicted octanol–water partition coefficient (Wildman–Crippen LogP) is 3.89. The second-order valence-electron chi connectivity index (χ2n) is 4.60. The summed E-state index contributed by atoms with van der Waals surface area (Å²) in [7, 11) is 0. The molecular formula is C14H14F2O. The quantitative estimate of drug-likeness (QED) is 0.712. The maximum atomic E-state index is 13.0. The summed E-state index contributed by atoms with van der Waals surface area (Å²) in [6.45, 7) is 2.12. The number of Topliss-reactive ketones (excluding diaryl/α,β-unsaturated/α-hetero) is 1. The number of carbonyl (C=O) groups is 1. The van der Waals surface area contributed by atoms with E-state index in [1.54, 1.807) is 0 Å². The highest BCUT2D eigenvalue weighted by Gasteiger charge is 2.18. The molecule has 1 nitrogen and oxygen atoms in total. The van der Waals surface area contributed by atoms with Crippen LogP contribution in [0.5, 0.6) is 0 Å². The van der Waals surface area contributed by atoms with Crippen LogP contribution in [0.4, 0.5) is 8.78 Å². The first-order valence-corrected chi connectivity index (χ1v) is 5.76. The Labute approximate surface area is 99.1 Å². The van der Waals surface area contributed by atoms with Crippen LogP contribution < -0.4 is 0 Å². The Morgan fingerprint density at radius 2 is 1.88 bits per heavy atom. The molecule has 0 heterocycles. The van der Waals surface area contributed by atoms with Gasteiger partial charge in [0.05, 0.1) is 0 Å². The van der Waals surface area contributed by atoms with E-state index in [0.29, 0.717) is 17.9 Å². The molecule has 0 fully saturated rings. The molecule has 0 radical (unpaired) electrons. The Morgan fingerprint density at radius 3 is 2.41 bits per heavy atom. The molecule has 0 N–H and O–H groups in total. The third-order valence-corrected chi connectivity index (χ3v) is 3.09. The van der Waals surface area contributed by atoms with Gasteiger partial charge in [-0.3, -0.25) is 4.79 Å². The van der Waals surface area contributed by atoms with Gasteiger partial charge >= 0.3 is 0 Å². The lowest BCUT2D eigenvalue weighted by molar-refractivity contribution is 0.102. The molecule has 0 spiro atoms. The Kier molecular flexibility index (Phi) is 3.36. The summed E-state index contributed by atoms with van der Waals surface area (Å²) in [4.78, 5) is 12.0. The highest BCUT2D eigenvalue weighted by Crippen LogP contribution is 2.25. The van der Waals surface area contributed by atoms with Crippen LogP contribution >= 0.6 is 0 Å². The van der Waals surface area contributed by atoms with Gasteiger partial charge < -0.3 is 0 Å². The molecule has 17 heavy (non-hydrogen) atoms. The standard InChI is InChI=1S/C14H14F2O/c1-9-2-4-10(5-3-9)14(17)11-6-12(15)8-13(16)7-11/h4,6-9H,2-3,5H2,1H3. The first kappa shape index (κ1) is 12.0. The van der Waals surface area contributed by atoms with Gasteiger partial charge in [0.2, 0.25) is 0 Å². The van der Waals surface area contributed by atoms with E-state index < -0.39 is 11.6 Å². The van der Waals surface area contributed by atoms with E-state index in [9.17, 15) is 13.6 Å². The Hall–Kier alpha value is -1.51. The molecule has 0 bridgehead atoms. The molecule has 1 aliphatic rings. The third-order valence-electron chi connectivity index (χ3n) is 3.09. The van der Waals surface area contributed by atoms with Gasteiger partial charge in [0, 0.05) is 11.6 Å². The smallest absolute Gasteiger partial charge is 0.188 e. The van der Waals surface area contributed by atoms with E-state index >= 15 is 0 Å². The second-order valence-corrected chi connectivity index (χ2v) is 4.60. The molecule has 1 atom stereocenters. The van der Waals surface area contributed by atoms with Crippen LogP contribution in [0.15, 0.2) is 29.8 Å². The summed E-state index contributed by atoms with van der Waals surface area (Å²) in [5.41, 5.74) is 0.774. The maximum absolute atomic E-state index is 13.0. The number of halogens is 2. The number of hydrogen-bond donors (Lipinski definition) is 0. The number of hydrogen-bond acceptors (Lipinski definition) is 1. The van der Waals surface area contributed by atoms with Crippen molar-refractivity contribution in [1.82, 2.24) is 0 Å². The van der Waals surface area contributed by atoms with Crippen molar-refractivity contribution in [2.75, 3.05) is 0 Å². The number of carbonyl (C=O) groups excluding carboxylic acids is 1. The lowest BCUT2D eigenvalue weighted by atomic mass is 9.87. The molecule has 0 aromatic heterocycles. The Balaban J connectivity index is 2.25. The zero-order valence-electron chi connectivity index (χ0n) is 9.67. The number of ketones is 1. The van der Waals surface area contributed by atoms with E-state index in [-0.39, 0.29) is 11.3 Å². The van der Waals surface area contributed by atoms with Gasteiger partial charge in [0.25, 0.3) is 0 Å². The zero-order valence-corrected chi connectivity index (χ0v) is 9.67. The molecule has 90 valence electrons. The van der Waals surface area contributed by atoms with E-state index in [1.165, 1.54) is 0 Å². The van der Waals surface area contributed by atoms with Crippen molar-refractivity contribution in [2.24, 2.45) is 5.92 Å². The van der Waals surface area contributed by atoms with E-state index in [0.717, 1.165) is 31.0 Å². The Morgan fingerprint density at radius 1 is 1.24 bits per heavy atom. The first-order chi connectivity index (χ1) is 8.06. The third kappa shape index (κ3) is 2.78. The van der Waals surface area contributed by atoms with Crippen molar-refractivity contribution >= 4 is 5.78 Å². The van der Waals surface area contributed by atoms with Crippen molar-refractivity contribution in [3.63, 3.8) is 0 Å². The highest BCUT2D eigenvalue weighted by atomic mass is 19.1. The molecule has 2 rings (SSSR count). The van der Waals surface area contributed by atoms with Crippen LogP contribution in [0.2, 0.25) is 0 Å². The van der Waals surface area contributed by atoms with Crippen LogP contribution in [0.3, 0.4) is 0 Å². The van der Waals surface area contributed by atoms with Crippen LogP contribution in [0.1, 0.15) is 36.5 Å². The van der Waals surface area contributed by atoms with Crippen LogP contribution in [0, 0.1) is 17.6 Å². The van der Waals surface area contributed by atoms with Crippen molar-refractivity contribution < 1.29 is 13.6 Å². The van der Waals surface area contributed by atoms with Crippen LogP contribution in [-0.2, 0) is 0 Å². The van der Waals surface area contributed by atoms with Crippen molar-refractivity contribution in [3.8, 4) is 0 Å². The van der Waals surface area contributed by atoms with Gasteiger partial charge in [0.15, 0.2) is 5.78 Å². The van der Waals surface area contributed by atoms with Crippen LogP contribution in [0.25, 0.3) is 0 Å². The minimum atomic E-state index is -0.710. The molecule has 0 aliphatic heterocycles. The normalized spacial score (nSPS) is 19.9. The zero-order chi connectivity index (χ0) is 12.4. The Bertz CT molecular complexity index is 457. The average Bonchev–Trinajstić information content (AvgIpc) is 2.28. The molecule has 3 heteroatoms. The van der Waals surface area contributed by atoms with Crippen molar-refractivity contribution in [2.45, 2.75) is 26.2 Å². The molecule has 1 aromatic carbocycles. The van der Waals surface area contributed by atoms with Crippen molar-refractivity contribution in [3.05, 3.63) is 47.0 Å². The number of allylic oxidation sites excluding steroid dienone is 2. The molecular weight excluding hydrogens is 222 g/mol. The van der Waals surface area contributed by atoms with Gasteiger partial charge in [-0.25, -0.2) is 8.78 Å². The lowest BCUT2D eigenvalue weighted by Gasteiger charge is -2.17. The van der Waals surface area contributed by atoms with E-state index in [2.05, 4.69) is 6.92 Å². The summed E-state index contributed by atoms with van der Waals surface area (Å²) in [6, 6.07) is 2.95. The van der Waals surface area contributed by atoms with Crippen molar-refractivity contribution in [1.29, 1.82) is 0 Å². The average molecular weight is 236 g/mol. The summed E-state index contributed by atoms with van der Waals surface area (Å²) in [6.07, 6.45) is 4.39. The van der Waals surface area contributed by atoms with E-state index in [4.69, 9.17) is 0 Å². The molecule has 1 aliphatic carbocycles. The fourth-order valence-corrected chi connectivity index (χ4v) is 2.04. The monoisotopic (exact) mass is 236 g/mol. The van der Waals surface area contributed by atoms with Gasteiger partial charge in [-0.15, -0.1) is 0 Å². The highest BCUT2D eigenvalue weighted by molar-refractivity contribution is 6.08. The SMILES string of the molecule is CC1CC=C(C(=O)c2cc(F)cc(F)c2)CC1. The van der Waals surface area contributed by atoms with Gasteiger partial charge in [-0.05, 0) is 42.9 Å².